The van der Waals surface area contributed by atoms with E-state index in [1.165, 1.54) is 27.2 Å². The minimum atomic E-state index is -0.735. The number of hydrogen-bond acceptors (Lipinski definition) is 9. The van der Waals surface area contributed by atoms with Crippen LogP contribution in [-0.2, 0) is 19.1 Å². The largest absolute Gasteiger partial charge is 0.481 e. The SMILES string of the molecule is CCOC(=O)COc1ccc(Cl)cc1/C=c1\sc2n(c1=O)[C@H](c1cccs1)C(C(=O)OCC)=C(c1ccccc1)N=2. The number of rotatable bonds is 9. The van der Waals surface area contributed by atoms with Crippen LogP contribution in [0.2, 0.25) is 5.02 Å². The molecule has 0 N–H and O–H groups in total. The van der Waals surface area contributed by atoms with Gasteiger partial charge in [0.1, 0.15) is 11.8 Å². The van der Waals surface area contributed by atoms with Crippen LogP contribution in [0.25, 0.3) is 11.8 Å². The second-order valence-corrected chi connectivity index (χ2v) is 11.1. The van der Waals surface area contributed by atoms with Crippen LogP contribution in [0.4, 0.5) is 0 Å². The molecule has 1 atom stereocenters. The number of esters is 2. The Morgan fingerprint density at radius 3 is 2.54 bits per heavy atom. The zero-order valence-electron chi connectivity index (χ0n) is 22.2. The molecule has 2 aromatic carbocycles. The van der Waals surface area contributed by atoms with Crippen molar-refractivity contribution in [2.24, 2.45) is 4.99 Å². The van der Waals surface area contributed by atoms with Crippen LogP contribution >= 0.6 is 34.3 Å². The zero-order valence-corrected chi connectivity index (χ0v) is 24.6. The Hall–Kier alpha value is -3.99. The highest BCUT2D eigenvalue weighted by Gasteiger charge is 2.35. The van der Waals surface area contributed by atoms with Crippen molar-refractivity contribution in [2.75, 3.05) is 19.8 Å². The van der Waals surface area contributed by atoms with Crippen LogP contribution in [0.3, 0.4) is 0 Å². The number of carbonyl (C=O) groups excluding carboxylic acids is 2. The van der Waals surface area contributed by atoms with E-state index in [-0.39, 0.29) is 25.4 Å². The lowest BCUT2D eigenvalue weighted by Crippen LogP contribution is -2.39. The van der Waals surface area contributed by atoms with Gasteiger partial charge in [-0.15, -0.1) is 11.3 Å². The first-order valence-corrected chi connectivity index (χ1v) is 14.9. The minimum Gasteiger partial charge on any atom is -0.481 e. The second-order valence-electron chi connectivity index (χ2n) is 8.72. The molecule has 0 saturated carbocycles. The summed E-state index contributed by atoms with van der Waals surface area (Å²) in [7, 11) is 0. The van der Waals surface area contributed by atoms with Gasteiger partial charge in [-0.1, -0.05) is 59.3 Å². The van der Waals surface area contributed by atoms with E-state index in [9.17, 15) is 14.4 Å². The monoisotopic (exact) mass is 608 g/mol. The molecule has 0 amide bonds. The molecule has 41 heavy (non-hydrogen) atoms. The van der Waals surface area contributed by atoms with Crippen LogP contribution in [0.15, 0.2) is 81.4 Å². The van der Waals surface area contributed by atoms with Gasteiger partial charge in [-0.25, -0.2) is 14.6 Å². The Bertz CT molecular complexity index is 1790. The van der Waals surface area contributed by atoms with Crippen LogP contribution in [0.5, 0.6) is 5.75 Å². The number of fused-ring (bicyclic) bond motifs is 1. The summed E-state index contributed by atoms with van der Waals surface area (Å²) in [5.74, 6) is -0.684. The Labute approximate surface area is 248 Å². The first kappa shape index (κ1) is 28.5. The van der Waals surface area contributed by atoms with Crippen molar-refractivity contribution in [1.82, 2.24) is 4.57 Å². The Kier molecular flexibility index (Phi) is 8.82. The summed E-state index contributed by atoms with van der Waals surface area (Å²) < 4.78 is 18.0. The highest BCUT2D eigenvalue weighted by molar-refractivity contribution is 7.10. The van der Waals surface area contributed by atoms with Crippen LogP contribution < -0.4 is 19.6 Å². The van der Waals surface area contributed by atoms with E-state index in [0.29, 0.717) is 36.9 Å². The molecule has 0 saturated heterocycles. The quantitative estimate of drug-likeness (QED) is 0.258. The fourth-order valence-electron chi connectivity index (χ4n) is 4.40. The topological polar surface area (TPSA) is 96.2 Å². The van der Waals surface area contributed by atoms with Gasteiger partial charge in [-0.2, -0.15) is 0 Å². The van der Waals surface area contributed by atoms with Gasteiger partial charge in [0, 0.05) is 21.0 Å². The van der Waals surface area contributed by atoms with Crippen LogP contribution in [0, 0.1) is 0 Å². The molecule has 0 bridgehead atoms. The molecular formula is C30H25ClN2O6S2. The molecule has 11 heteroatoms. The van der Waals surface area contributed by atoms with E-state index < -0.39 is 18.0 Å². The first-order chi connectivity index (χ1) is 19.9. The van der Waals surface area contributed by atoms with E-state index in [1.54, 1.807) is 38.1 Å². The summed E-state index contributed by atoms with van der Waals surface area (Å²) >= 11 is 8.90. The molecule has 1 aliphatic rings. The maximum Gasteiger partial charge on any atom is 0.344 e. The van der Waals surface area contributed by atoms with E-state index in [4.69, 9.17) is 30.8 Å². The predicted octanol–water partition coefficient (Wildman–Crippen LogP) is 4.59. The van der Waals surface area contributed by atoms with Crippen molar-refractivity contribution in [2.45, 2.75) is 19.9 Å². The average molecular weight is 609 g/mol. The lowest BCUT2D eigenvalue weighted by atomic mass is 9.97. The Morgan fingerprint density at radius 1 is 1.05 bits per heavy atom. The maximum atomic E-state index is 14.0. The van der Waals surface area contributed by atoms with Gasteiger partial charge in [-0.3, -0.25) is 9.36 Å². The van der Waals surface area contributed by atoms with Crippen LogP contribution in [0.1, 0.15) is 35.9 Å². The van der Waals surface area contributed by atoms with Crippen LogP contribution in [-0.4, -0.2) is 36.3 Å². The number of carbonyl (C=O) groups is 2. The second kappa shape index (κ2) is 12.7. The predicted molar refractivity (Wildman–Crippen MR) is 159 cm³/mol. The lowest BCUT2D eigenvalue weighted by molar-refractivity contribution is -0.145. The van der Waals surface area contributed by atoms with E-state index in [0.717, 1.165) is 10.4 Å². The molecular weight excluding hydrogens is 584 g/mol. The molecule has 8 nitrogen and oxygen atoms in total. The number of ether oxygens (including phenoxy) is 3. The maximum absolute atomic E-state index is 14.0. The fraction of sp³-hybridized carbons (Fsp3) is 0.200. The summed E-state index contributed by atoms with van der Waals surface area (Å²) in [6.45, 7) is 3.57. The van der Waals surface area contributed by atoms with Crippen molar-refractivity contribution in [3.8, 4) is 5.75 Å². The molecule has 5 rings (SSSR count). The van der Waals surface area contributed by atoms with Gasteiger partial charge < -0.3 is 14.2 Å². The number of halogens is 1. The van der Waals surface area contributed by atoms with Crippen molar-refractivity contribution in [3.05, 3.63) is 112 Å². The summed E-state index contributed by atoms with van der Waals surface area (Å²) in [5.41, 5.74) is 1.65. The summed E-state index contributed by atoms with van der Waals surface area (Å²) in [6.07, 6.45) is 1.65. The number of benzene rings is 2. The zero-order chi connectivity index (χ0) is 28.9. The normalized spacial score (nSPS) is 14.8. The molecule has 210 valence electrons. The molecule has 1 aliphatic heterocycles. The smallest absolute Gasteiger partial charge is 0.344 e. The summed E-state index contributed by atoms with van der Waals surface area (Å²) in [6, 6.07) is 17.3. The third-order valence-electron chi connectivity index (χ3n) is 6.10. The number of hydrogen-bond donors (Lipinski definition) is 0. The third kappa shape index (κ3) is 6.04. The molecule has 0 fully saturated rings. The number of thiazole rings is 1. The molecule has 4 aromatic rings. The number of nitrogens with zero attached hydrogens (tertiary/aromatic N) is 2. The first-order valence-electron chi connectivity index (χ1n) is 12.8. The summed E-state index contributed by atoms with van der Waals surface area (Å²) in [4.78, 5) is 45.4. The van der Waals surface area contributed by atoms with Crippen molar-refractivity contribution < 1.29 is 23.8 Å². The highest BCUT2D eigenvalue weighted by atomic mass is 35.5. The highest BCUT2D eigenvalue weighted by Crippen LogP contribution is 2.36. The van der Waals surface area contributed by atoms with Gasteiger partial charge in [0.25, 0.3) is 5.56 Å². The fourth-order valence-corrected chi connectivity index (χ4v) is 6.40. The third-order valence-corrected chi connectivity index (χ3v) is 8.24. The molecule has 2 aromatic heterocycles. The van der Waals surface area contributed by atoms with Gasteiger partial charge in [0.15, 0.2) is 11.4 Å². The van der Waals surface area contributed by atoms with Gasteiger partial charge >= 0.3 is 11.9 Å². The number of aromatic nitrogens is 1. The standard InChI is InChI=1S/C30H25ClN2O6S2/c1-3-37-24(34)17-39-21-13-12-20(31)15-19(21)16-23-28(35)33-27(22-11-8-14-40-22)25(29(36)38-4-2)26(32-30(33)41-23)18-9-6-5-7-10-18/h5-16,27H,3-4,17H2,1-2H3/b23-16-/t27-/m1/s1. The molecule has 0 unspecified atom stereocenters. The van der Waals surface area contributed by atoms with E-state index in [2.05, 4.69) is 0 Å². The Morgan fingerprint density at radius 2 is 1.83 bits per heavy atom. The average Bonchev–Trinajstić information content (AvgIpc) is 3.61. The van der Waals surface area contributed by atoms with E-state index >= 15 is 0 Å². The molecule has 0 aliphatic carbocycles. The van der Waals surface area contributed by atoms with Gasteiger partial charge in [0.2, 0.25) is 0 Å². The van der Waals surface area contributed by atoms with Crippen molar-refractivity contribution >= 4 is 58.0 Å². The van der Waals surface area contributed by atoms with E-state index in [1.807, 2.05) is 47.8 Å². The van der Waals surface area contributed by atoms with Crippen molar-refractivity contribution in [3.63, 3.8) is 0 Å². The number of thiophene rings is 1. The molecule has 3 heterocycles. The molecule has 0 spiro atoms. The Balaban J connectivity index is 1.71. The van der Waals surface area contributed by atoms with Gasteiger partial charge in [-0.05, 0) is 49.6 Å². The minimum absolute atomic E-state index is 0.176. The van der Waals surface area contributed by atoms with Gasteiger partial charge in [0.05, 0.1) is 29.0 Å². The van der Waals surface area contributed by atoms with Crippen molar-refractivity contribution in [1.29, 1.82) is 0 Å². The summed E-state index contributed by atoms with van der Waals surface area (Å²) in [5, 5.41) is 2.33. The molecule has 0 radical (unpaired) electrons. The lowest BCUT2D eigenvalue weighted by Gasteiger charge is -2.24.